The summed E-state index contributed by atoms with van der Waals surface area (Å²) in [6.45, 7) is 3.71. The molecular weight excluding hydrogens is 576 g/mol. The molecule has 224 valence electrons. The number of aliphatic imine (C=N–C) groups is 1. The molecule has 2 N–H and O–H groups in total. The Hall–Kier alpha value is -4.97. The molecule has 4 aromatic rings. The number of rotatable bonds is 9. The van der Waals surface area contributed by atoms with E-state index in [1.165, 1.54) is 19.1 Å². The van der Waals surface area contributed by atoms with Crippen molar-refractivity contribution in [1.82, 2.24) is 14.5 Å². The van der Waals surface area contributed by atoms with Gasteiger partial charge in [-0.3, -0.25) is 14.5 Å². The van der Waals surface area contributed by atoms with Crippen molar-refractivity contribution in [2.45, 2.75) is 26.4 Å². The number of nitrogens with two attached hydrogens (primary N) is 1. The Labute approximate surface area is 253 Å². The van der Waals surface area contributed by atoms with Gasteiger partial charge in [0.25, 0.3) is 5.91 Å². The number of methoxy groups -OCH3 is 2. The number of carbonyl (C=O) groups excluding carboxylic acids is 3. The number of benzene rings is 2. The number of carbonyl (C=O) groups is 3. The zero-order chi connectivity index (χ0) is 31.3. The molecule has 0 fully saturated rings. The van der Waals surface area contributed by atoms with E-state index in [1.54, 1.807) is 55.6 Å². The van der Waals surface area contributed by atoms with Crippen LogP contribution in [0.2, 0.25) is 5.02 Å². The summed E-state index contributed by atoms with van der Waals surface area (Å²) in [4.78, 5) is 51.1. The summed E-state index contributed by atoms with van der Waals surface area (Å²) in [6, 6.07) is 13.7. The Balaban J connectivity index is 1.60. The van der Waals surface area contributed by atoms with Crippen molar-refractivity contribution in [2.24, 2.45) is 17.8 Å². The van der Waals surface area contributed by atoms with Crippen molar-refractivity contribution in [2.75, 3.05) is 25.7 Å². The third-order valence-electron chi connectivity index (χ3n) is 6.68. The number of ether oxygens (including phenoxy) is 3. The summed E-state index contributed by atoms with van der Waals surface area (Å²) in [5.74, 6) is 0.651. The molecule has 1 unspecified atom stereocenters. The van der Waals surface area contributed by atoms with Crippen LogP contribution in [0.25, 0.3) is 11.0 Å². The third-order valence-corrected chi connectivity index (χ3v) is 6.98. The van der Waals surface area contributed by atoms with Crippen LogP contribution >= 0.6 is 11.6 Å². The normalized spacial score (nSPS) is 12.1. The van der Waals surface area contributed by atoms with Crippen molar-refractivity contribution in [3.63, 3.8) is 0 Å². The van der Waals surface area contributed by atoms with E-state index in [4.69, 9.17) is 31.8 Å². The number of imidazole rings is 1. The standard InChI is InChI=1S/C30H31ClN6O6/c1-17-14-20(16-21(31)26(17)27(32)35-30(40)42-5)43-18(2)28-34-22-15-19(9-10-23(22)36(28)3)29(39)37(13-11-25(38)41-4)24-8-6-7-12-33-24/h6-10,12,14-16,18H,11,13H2,1-5H3,(H2,32,35,40). The first-order valence-corrected chi connectivity index (χ1v) is 13.6. The van der Waals surface area contributed by atoms with Gasteiger partial charge in [0, 0.05) is 30.9 Å². The predicted molar refractivity (Wildman–Crippen MR) is 162 cm³/mol. The van der Waals surface area contributed by atoms with Crippen LogP contribution in [-0.2, 0) is 21.3 Å². The second-order valence-electron chi connectivity index (χ2n) is 9.53. The summed E-state index contributed by atoms with van der Waals surface area (Å²) < 4.78 is 17.3. The lowest BCUT2D eigenvalue weighted by molar-refractivity contribution is -0.140. The molecule has 4 rings (SSSR count). The summed E-state index contributed by atoms with van der Waals surface area (Å²) in [5, 5.41) is 0.255. The van der Waals surface area contributed by atoms with Gasteiger partial charge in [-0.05, 0) is 61.9 Å². The number of halogens is 1. The molecule has 0 saturated heterocycles. The van der Waals surface area contributed by atoms with Crippen molar-refractivity contribution in [3.8, 4) is 5.75 Å². The molecule has 0 aliphatic heterocycles. The molecular formula is C30H31ClN6O6. The molecule has 2 aromatic heterocycles. The Bertz CT molecular complexity index is 1680. The van der Waals surface area contributed by atoms with Crippen molar-refractivity contribution < 1.29 is 28.6 Å². The summed E-state index contributed by atoms with van der Waals surface area (Å²) in [6.07, 6.45) is 0.248. The van der Waals surface area contributed by atoms with Crippen molar-refractivity contribution >= 4 is 52.3 Å². The van der Waals surface area contributed by atoms with Crippen LogP contribution in [0.3, 0.4) is 0 Å². The maximum absolute atomic E-state index is 13.6. The molecule has 0 aliphatic carbocycles. The van der Waals surface area contributed by atoms with Gasteiger partial charge >= 0.3 is 12.1 Å². The van der Waals surface area contributed by atoms with Crippen LogP contribution in [0.5, 0.6) is 5.75 Å². The van der Waals surface area contributed by atoms with Crippen LogP contribution in [0.15, 0.2) is 59.7 Å². The molecule has 0 radical (unpaired) electrons. The first-order valence-electron chi connectivity index (χ1n) is 13.2. The fourth-order valence-corrected chi connectivity index (χ4v) is 4.92. The number of anilines is 1. The van der Waals surface area contributed by atoms with Gasteiger partial charge in [-0.15, -0.1) is 0 Å². The Morgan fingerprint density at radius 1 is 1.12 bits per heavy atom. The lowest BCUT2D eigenvalue weighted by atomic mass is 10.1. The SMILES string of the molecule is COC(=O)CCN(C(=O)c1ccc2c(c1)nc(C(C)Oc1cc(C)c(/C(N)=N\C(=O)OC)c(Cl)c1)n2C)c1ccccn1. The van der Waals surface area contributed by atoms with Crippen LogP contribution in [-0.4, -0.2) is 59.1 Å². The zero-order valence-electron chi connectivity index (χ0n) is 24.3. The number of aryl methyl sites for hydroxylation is 2. The number of aromatic nitrogens is 3. The Morgan fingerprint density at radius 3 is 2.53 bits per heavy atom. The van der Waals surface area contributed by atoms with Crippen molar-refractivity contribution in [3.05, 3.63) is 82.3 Å². The van der Waals surface area contributed by atoms with E-state index in [9.17, 15) is 14.4 Å². The number of hydrogen-bond acceptors (Lipinski definition) is 8. The second kappa shape index (κ2) is 13.3. The van der Waals surface area contributed by atoms with E-state index in [0.29, 0.717) is 39.6 Å². The smallest absolute Gasteiger partial charge is 0.435 e. The monoisotopic (exact) mass is 606 g/mol. The molecule has 0 spiro atoms. The maximum atomic E-state index is 13.6. The van der Waals surface area contributed by atoms with Gasteiger partial charge in [0.2, 0.25) is 0 Å². The zero-order valence-corrected chi connectivity index (χ0v) is 25.1. The molecule has 0 bridgehead atoms. The highest BCUT2D eigenvalue weighted by Gasteiger charge is 2.23. The second-order valence-corrected chi connectivity index (χ2v) is 9.93. The van der Waals surface area contributed by atoms with Crippen LogP contribution in [0, 0.1) is 6.92 Å². The van der Waals surface area contributed by atoms with Gasteiger partial charge in [0.05, 0.1) is 36.7 Å². The van der Waals surface area contributed by atoms with E-state index in [0.717, 1.165) is 5.52 Å². The van der Waals surface area contributed by atoms with E-state index < -0.39 is 18.2 Å². The molecule has 2 aromatic carbocycles. The summed E-state index contributed by atoms with van der Waals surface area (Å²) in [5.41, 5.74) is 8.77. The number of pyridine rings is 1. The van der Waals surface area contributed by atoms with Crippen LogP contribution < -0.4 is 15.4 Å². The number of amidine groups is 1. The van der Waals surface area contributed by atoms with Gasteiger partial charge in [-0.25, -0.2) is 14.8 Å². The molecule has 13 heteroatoms. The molecule has 0 aliphatic rings. The Morgan fingerprint density at radius 2 is 1.88 bits per heavy atom. The Kier molecular flexibility index (Phi) is 9.61. The maximum Gasteiger partial charge on any atom is 0.435 e. The third kappa shape index (κ3) is 6.92. The number of hydrogen-bond donors (Lipinski definition) is 1. The molecule has 1 atom stereocenters. The highest BCUT2D eigenvalue weighted by Crippen LogP contribution is 2.31. The summed E-state index contributed by atoms with van der Waals surface area (Å²) >= 11 is 6.47. The topological polar surface area (TPSA) is 151 Å². The van der Waals surface area contributed by atoms with Crippen LogP contribution in [0.1, 0.15) is 46.8 Å². The fraction of sp³-hybridized carbons (Fsp3) is 0.267. The quantitative estimate of drug-likeness (QED) is 0.162. The van der Waals surface area contributed by atoms with Gasteiger partial charge in [-0.2, -0.15) is 4.99 Å². The first kappa shape index (κ1) is 31.0. The highest BCUT2D eigenvalue weighted by molar-refractivity contribution is 6.34. The average Bonchev–Trinajstić information content (AvgIpc) is 3.32. The predicted octanol–water partition coefficient (Wildman–Crippen LogP) is 4.75. The molecule has 43 heavy (non-hydrogen) atoms. The highest BCUT2D eigenvalue weighted by atomic mass is 35.5. The number of amides is 2. The molecule has 0 saturated carbocycles. The van der Waals surface area contributed by atoms with E-state index in [-0.39, 0.29) is 29.7 Å². The minimum absolute atomic E-state index is 0.0127. The van der Waals surface area contributed by atoms with Gasteiger partial charge < -0.3 is 24.5 Å². The number of nitrogens with zero attached hydrogens (tertiary/aromatic N) is 5. The number of esters is 1. The van der Waals surface area contributed by atoms with Gasteiger partial charge in [-0.1, -0.05) is 17.7 Å². The van der Waals surface area contributed by atoms with E-state index in [2.05, 4.69) is 14.7 Å². The largest absolute Gasteiger partial charge is 0.483 e. The lowest BCUT2D eigenvalue weighted by Crippen LogP contribution is -2.33. The van der Waals surface area contributed by atoms with Gasteiger partial charge in [0.15, 0.2) is 11.9 Å². The van der Waals surface area contributed by atoms with Crippen molar-refractivity contribution in [1.29, 1.82) is 0 Å². The first-order chi connectivity index (χ1) is 20.5. The lowest BCUT2D eigenvalue weighted by Gasteiger charge is -2.21. The molecule has 12 nitrogen and oxygen atoms in total. The molecule has 2 amide bonds. The van der Waals surface area contributed by atoms with E-state index >= 15 is 0 Å². The van der Waals surface area contributed by atoms with Crippen LogP contribution in [0.4, 0.5) is 10.6 Å². The molecule has 2 heterocycles. The minimum Gasteiger partial charge on any atom is -0.483 e. The van der Waals surface area contributed by atoms with E-state index in [1.807, 2.05) is 24.6 Å². The summed E-state index contributed by atoms with van der Waals surface area (Å²) in [7, 11) is 4.36. The minimum atomic E-state index is -0.834. The fourth-order valence-electron chi connectivity index (χ4n) is 4.57. The number of fused-ring (bicyclic) bond motifs is 1. The van der Waals surface area contributed by atoms with Gasteiger partial charge in [0.1, 0.15) is 17.4 Å². The average molecular weight is 607 g/mol.